The molecular formula is C18H19N5OS2. The maximum atomic E-state index is 12.9. The predicted molar refractivity (Wildman–Crippen MR) is 102 cm³/mol. The molecule has 0 saturated heterocycles. The van der Waals surface area contributed by atoms with Gasteiger partial charge in [-0.15, -0.1) is 16.4 Å². The first kappa shape index (κ1) is 17.2. The van der Waals surface area contributed by atoms with Gasteiger partial charge >= 0.3 is 0 Å². The first-order valence-corrected chi connectivity index (χ1v) is 10.3. The molecule has 0 spiro atoms. The van der Waals surface area contributed by atoms with Crippen molar-refractivity contribution in [3.8, 4) is 0 Å². The highest BCUT2D eigenvalue weighted by molar-refractivity contribution is 8.00. The lowest BCUT2D eigenvalue weighted by Crippen LogP contribution is -2.39. The molecule has 134 valence electrons. The summed E-state index contributed by atoms with van der Waals surface area (Å²) in [7, 11) is 0. The molecule has 1 atom stereocenters. The van der Waals surface area contributed by atoms with E-state index in [-0.39, 0.29) is 11.2 Å². The van der Waals surface area contributed by atoms with E-state index in [0.717, 1.165) is 18.5 Å². The van der Waals surface area contributed by atoms with Crippen LogP contribution in [0.25, 0.3) is 0 Å². The molecule has 0 saturated carbocycles. The van der Waals surface area contributed by atoms with E-state index in [4.69, 9.17) is 0 Å². The van der Waals surface area contributed by atoms with Gasteiger partial charge in [-0.3, -0.25) is 4.79 Å². The smallest absolute Gasteiger partial charge is 0.236 e. The molecule has 1 aliphatic heterocycles. The molecule has 0 aliphatic carbocycles. The van der Waals surface area contributed by atoms with Crippen molar-refractivity contribution < 1.29 is 4.79 Å². The van der Waals surface area contributed by atoms with Gasteiger partial charge in [0.15, 0.2) is 0 Å². The number of carbonyl (C=O) groups is 1. The van der Waals surface area contributed by atoms with Gasteiger partial charge in [-0.25, -0.2) is 4.68 Å². The summed E-state index contributed by atoms with van der Waals surface area (Å²) in [5.74, 6) is 0.140. The number of thioether (sulfide) groups is 1. The predicted octanol–water partition coefficient (Wildman–Crippen LogP) is 2.85. The van der Waals surface area contributed by atoms with Crippen molar-refractivity contribution in [1.82, 2.24) is 25.1 Å². The van der Waals surface area contributed by atoms with Gasteiger partial charge in [0.2, 0.25) is 11.1 Å². The second-order valence-corrected chi connectivity index (χ2v) is 8.55. The molecule has 4 rings (SSSR count). The molecule has 3 heterocycles. The fraction of sp³-hybridized carbons (Fsp3) is 0.333. The standard InChI is InChI=1S/C18H19N5OS2/c1-13(17(24)22-9-7-16-15(12-22)8-10-25-16)26-18-19-20-21-23(18)11-14-5-3-2-4-6-14/h2-6,8,10,13H,7,9,11-12H2,1H3. The third kappa shape index (κ3) is 3.66. The number of rotatable bonds is 5. The number of fused-ring (bicyclic) bond motifs is 1. The first-order valence-electron chi connectivity index (χ1n) is 8.51. The number of thiophene rings is 1. The average molecular weight is 386 g/mol. The van der Waals surface area contributed by atoms with E-state index >= 15 is 0 Å². The van der Waals surface area contributed by atoms with Crippen LogP contribution in [-0.2, 0) is 24.3 Å². The van der Waals surface area contributed by atoms with Crippen LogP contribution in [0, 0.1) is 0 Å². The summed E-state index contributed by atoms with van der Waals surface area (Å²) in [5, 5.41) is 14.5. The van der Waals surface area contributed by atoms with Crippen molar-refractivity contribution in [2.75, 3.05) is 6.54 Å². The van der Waals surface area contributed by atoms with Crippen LogP contribution in [0.5, 0.6) is 0 Å². The molecule has 0 N–H and O–H groups in total. The zero-order chi connectivity index (χ0) is 17.9. The summed E-state index contributed by atoms with van der Waals surface area (Å²) in [6.07, 6.45) is 0.946. The van der Waals surface area contributed by atoms with Gasteiger partial charge in [-0.2, -0.15) is 0 Å². The van der Waals surface area contributed by atoms with Crippen LogP contribution in [0.4, 0.5) is 0 Å². The van der Waals surface area contributed by atoms with Crippen molar-refractivity contribution in [2.45, 2.75) is 36.8 Å². The Hall–Kier alpha value is -2.19. The van der Waals surface area contributed by atoms with E-state index in [1.165, 1.54) is 22.2 Å². The van der Waals surface area contributed by atoms with E-state index in [1.54, 1.807) is 16.0 Å². The third-order valence-electron chi connectivity index (χ3n) is 4.42. The van der Waals surface area contributed by atoms with Gasteiger partial charge in [-0.1, -0.05) is 42.1 Å². The van der Waals surface area contributed by atoms with E-state index in [2.05, 4.69) is 27.0 Å². The van der Waals surface area contributed by atoms with Crippen LogP contribution >= 0.6 is 23.1 Å². The Morgan fingerprint density at radius 1 is 1.31 bits per heavy atom. The zero-order valence-electron chi connectivity index (χ0n) is 14.4. The van der Waals surface area contributed by atoms with Crippen LogP contribution < -0.4 is 0 Å². The maximum Gasteiger partial charge on any atom is 0.236 e. The van der Waals surface area contributed by atoms with Crippen LogP contribution in [0.2, 0.25) is 0 Å². The fourth-order valence-corrected chi connectivity index (χ4v) is 4.80. The van der Waals surface area contributed by atoms with Gasteiger partial charge in [0.1, 0.15) is 0 Å². The molecule has 0 bridgehead atoms. The summed E-state index contributed by atoms with van der Waals surface area (Å²) < 4.78 is 1.75. The number of nitrogens with zero attached hydrogens (tertiary/aromatic N) is 5. The van der Waals surface area contributed by atoms with Crippen molar-refractivity contribution in [3.63, 3.8) is 0 Å². The maximum absolute atomic E-state index is 12.9. The summed E-state index contributed by atoms with van der Waals surface area (Å²) in [5.41, 5.74) is 2.40. The summed E-state index contributed by atoms with van der Waals surface area (Å²) in [4.78, 5) is 16.2. The number of hydrogen-bond acceptors (Lipinski definition) is 6. The molecule has 6 nitrogen and oxygen atoms in total. The minimum absolute atomic E-state index is 0.140. The minimum Gasteiger partial charge on any atom is -0.337 e. The Labute approximate surface area is 160 Å². The Balaban J connectivity index is 1.41. The number of benzene rings is 1. The Kier molecular flexibility index (Phi) is 5.03. The Morgan fingerprint density at radius 2 is 2.15 bits per heavy atom. The van der Waals surface area contributed by atoms with Crippen LogP contribution in [0.3, 0.4) is 0 Å². The lowest BCUT2D eigenvalue weighted by Gasteiger charge is -2.29. The third-order valence-corrected chi connectivity index (χ3v) is 6.50. The van der Waals surface area contributed by atoms with Crippen molar-refractivity contribution >= 4 is 29.0 Å². The Bertz CT molecular complexity index is 892. The highest BCUT2D eigenvalue weighted by atomic mass is 32.2. The second kappa shape index (κ2) is 7.59. The summed E-state index contributed by atoms with van der Waals surface area (Å²) >= 11 is 3.20. The van der Waals surface area contributed by atoms with E-state index in [1.807, 2.05) is 42.2 Å². The van der Waals surface area contributed by atoms with E-state index in [9.17, 15) is 4.79 Å². The van der Waals surface area contributed by atoms with Crippen LogP contribution in [-0.4, -0.2) is 42.8 Å². The van der Waals surface area contributed by atoms with Gasteiger partial charge in [0.05, 0.1) is 11.8 Å². The topological polar surface area (TPSA) is 63.9 Å². The van der Waals surface area contributed by atoms with Crippen LogP contribution in [0.1, 0.15) is 22.9 Å². The quantitative estimate of drug-likeness (QED) is 0.632. The Morgan fingerprint density at radius 3 is 3.00 bits per heavy atom. The highest BCUT2D eigenvalue weighted by Crippen LogP contribution is 2.27. The van der Waals surface area contributed by atoms with Gasteiger partial charge in [0.25, 0.3) is 0 Å². The minimum atomic E-state index is -0.226. The number of hydrogen-bond donors (Lipinski definition) is 0. The van der Waals surface area contributed by atoms with Crippen molar-refractivity contribution in [2.24, 2.45) is 0 Å². The zero-order valence-corrected chi connectivity index (χ0v) is 16.0. The number of amides is 1. The van der Waals surface area contributed by atoms with Gasteiger partial charge < -0.3 is 4.90 Å². The lowest BCUT2D eigenvalue weighted by molar-refractivity contribution is -0.131. The monoisotopic (exact) mass is 385 g/mol. The van der Waals surface area contributed by atoms with Crippen LogP contribution in [0.15, 0.2) is 46.9 Å². The molecule has 1 unspecified atom stereocenters. The SMILES string of the molecule is CC(Sc1nnnn1Cc1ccccc1)C(=O)N1CCc2sccc2C1. The molecule has 1 amide bonds. The largest absolute Gasteiger partial charge is 0.337 e. The van der Waals surface area contributed by atoms with Gasteiger partial charge in [-0.05, 0) is 46.3 Å². The highest BCUT2D eigenvalue weighted by Gasteiger charge is 2.27. The normalized spacial score (nSPS) is 14.9. The number of aromatic nitrogens is 4. The summed E-state index contributed by atoms with van der Waals surface area (Å²) in [6.45, 7) is 4.01. The van der Waals surface area contributed by atoms with E-state index < -0.39 is 0 Å². The first-order chi connectivity index (χ1) is 12.7. The second-order valence-electron chi connectivity index (χ2n) is 6.24. The molecular weight excluding hydrogens is 366 g/mol. The molecule has 1 aromatic carbocycles. The van der Waals surface area contributed by atoms with Crippen molar-refractivity contribution in [1.29, 1.82) is 0 Å². The number of carbonyl (C=O) groups excluding carboxylic acids is 1. The van der Waals surface area contributed by atoms with E-state index in [0.29, 0.717) is 18.2 Å². The molecule has 1 aliphatic rings. The average Bonchev–Trinajstić information content (AvgIpc) is 3.30. The summed E-state index contributed by atoms with van der Waals surface area (Å²) in [6, 6.07) is 12.2. The van der Waals surface area contributed by atoms with Gasteiger partial charge in [0, 0.05) is 18.0 Å². The molecule has 0 radical (unpaired) electrons. The lowest BCUT2D eigenvalue weighted by atomic mass is 10.1. The molecule has 0 fully saturated rings. The molecule has 8 heteroatoms. The number of tetrazole rings is 1. The molecule has 3 aromatic rings. The van der Waals surface area contributed by atoms with Crippen molar-refractivity contribution in [3.05, 3.63) is 57.8 Å². The molecule has 2 aromatic heterocycles. The fourth-order valence-electron chi connectivity index (χ4n) is 3.04. The molecule has 26 heavy (non-hydrogen) atoms.